The van der Waals surface area contributed by atoms with Crippen LogP contribution in [0.15, 0.2) is 0 Å². The van der Waals surface area contributed by atoms with Crippen molar-refractivity contribution in [2.75, 3.05) is 26.6 Å². The average Bonchev–Trinajstić information content (AvgIpc) is 2.69. The maximum atomic E-state index is 12.2. The molecular formula is C20H34O10. The lowest BCUT2D eigenvalue weighted by atomic mass is 10.0. The second-order valence-corrected chi connectivity index (χ2v) is 6.51. The molecule has 1 atom stereocenters. The molecule has 0 amide bonds. The lowest BCUT2D eigenvalue weighted by molar-refractivity contribution is -0.160. The van der Waals surface area contributed by atoms with E-state index in [0.717, 1.165) is 38.5 Å². The second kappa shape index (κ2) is 18.5. The Morgan fingerprint density at radius 2 is 1.23 bits per heavy atom. The van der Waals surface area contributed by atoms with Crippen LogP contribution in [0.5, 0.6) is 0 Å². The molecular weight excluding hydrogens is 400 g/mol. The first kappa shape index (κ1) is 27.5. The van der Waals surface area contributed by atoms with Gasteiger partial charge in [0.05, 0.1) is 19.1 Å². The number of hydrogen-bond acceptors (Lipinski definition) is 9. The summed E-state index contributed by atoms with van der Waals surface area (Å²) in [5.41, 5.74) is 0. The van der Waals surface area contributed by atoms with Crippen molar-refractivity contribution in [3.8, 4) is 0 Å². The molecule has 0 aliphatic heterocycles. The molecule has 0 radical (unpaired) electrons. The van der Waals surface area contributed by atoms with Gasteiger partial charge in [0.2, 0.25) is 6.79 Å². The van der Waals surface area contributed by atoms with Gasteiger partial charge in [-0.2, -0.15) is 0 Å². The number of hydrogen-bond donors (Lipinski definition) is 1. The Labute approximate surface area is 177 Å². The largest absolute Gasteiger partial charge is 0.511 e. The lowest BCUT2D eigenvalue weighted by Crippen LogP contribution is -2.26. The quantitative estimate of drug-likeness (QED) is 0.155. The number of carbonyl (C=O) groups excluding carboxylic acids is 3. The summed E-state index contributed by atoms with van der Waals surface area (Å²) in [6.07, 6.45) is 4.92. The minimum Gasteiger partial charge on any atom is -0.481 e. The third-order valence-corrected chi connectivity index (χ3v) is 4.08. The number of rotatable bonds is 17. The maximum Gasteiger partial charge on any atom is 0.511 e. The molecule has 0 aliphatic carbocycles. The third kappa shape index (κ3) is 16.4. The van der Waals surface area contributed by atoms with Crippen LogP contribution in [-0.2, 0) is 33.3 Å². The molecule has 0 saturated heterocycles. The SMILES string of the molecule is CCOC(=O)OCOC(=O)C(CCCCCCCCCC(=O)O)COC(=O)OCC. The van der Waals surface area contributed by atoms with Crippen molar-refractivity contribution < 1.29 is 48.0 Å². The van der Waals surface area contributed by atoms with E-state index in [4.69, 9.17) is 14.6 Å². The van der Waals surface area contributed by atoms with Crippen molar-refractivity contribution in [2.24, 2.45) is 5.92 Å². The molecule has 0 aromatic carbocycles. The van der Waals surface area contributed by atoms with Gasteiger partial charge in [0, 0.05) is 6.42 Å². The van der Waals surface area contributed by atoms with Crippen LogP contribution in [0.25, 0.3) is 0 Å². The number of unbranched alkanes of at least 4 members (excludes halogenated alkanes) is 6. The van der Waals surface area contributed by atoms with E-state index in [2.05, 4.69) is 14.2 Å². The zero-order valence-electron chi connectivity index (χ0n) is 17.9. The van der Waals surface area contributed by atoms with Crippen LogP contribution in [0.4, 0.5) is 9.59 Å². The second-order valence-electron chi connectivity index (χ2n) is 6.51. The van der Waals surface area contributed by atoms with Crippen LogP contribution in [-0.4, -0.2) is 56.0 Å². The van der Waals surface area contributed by atoms with Gasteiger partial charge in [0.1, 0.15) is 6.61 Å². The fourth-order valence-electron chi connectivity index (χ4n) is 2.56. The van der Waals surface area contributed by atoms with Crippen molar-refractivity contribution >= 4 is 24.2 Å². The first-order valence-electron chi connectivity index (χ1n) is 10.4. The zero-order chi connectivity index (χ0) is 22.6. The normalized spacial score (nSPS) is 11.3. The Balaban J connectivity index is 4.19. The Kier molecular flexibility index (Phi) is 17.0. The molecule has 0 spiro atoms. The van der Waals surface area contributed by atoms with Crippen LogP contribution in [0.3, 0.4) is 0 Å². The van der Waals surface area contributed by atoms with Gasteiger partial charge in [-0.05, 0) is 26.7 Å². The minimum absolute atomic E-state index is 0.141. The van der Waals surface area contributed by atoms with Gasteiger partial charge in [-0.1, -0.05) is 38.5 Å². The predicted octanol–water partition coefficient (Wildman–Crippen LogP) is 4.05. The van der Waals surface area contributed by atoms with Crippen LogP contribution in [0.1, 0.15) is 71.6 Å². The topological polar surface area (TPSA) is 135 Å². The van der Waals surface area contributed by atoms with Gasteiger partial charge < -0.3 is 28.8 Å². The highest BCUT2D eigenvalue weighted by molar-refractivity contribution is 5.73. The van der Waals surface area contributed by atoms with Gasteiger partial charge in [-0.15, -0.1) is 0 Å². The molecule has 1 N–H and O–H groups in total. The fourth-order valence-corrected chi connectivity index (χ4v) is 2.56. The summed E-state index contributed by atoms with van der Waals surface area (Å²) in [6, 6.07) is 0. The van der Waals surface area contributed by atoms with Crippen LogP contribution >= 0.6 is 0 Å². The van der Waals surface area contributed by atoms with Crippen molar-refractivity contribution in [2.45, 2.75) is 71.6 Å². The Morgan fingerprint density at radius 1 is 0.700 bits per heavy atom. The molecule has 0 heterocycles. The van der Waals surface area contributed by atoms with Gasteiger partial charge in [0.15, 0.2) is 0 Å². The first-order valence-corrected chi connectivity index (χ1v) is 10.4. The lowest BCUT2D eigenvalue weighted by Gasteiger charge is -2.16. The van der Waals surface area contributed by atoms with Gasteiger partial charge >= 0.3 is 24.2 Å². The Morgan fingerprint density at radius 3 is 1.80 bits per heavy atom. The average molecular weight is 434 g/mol. The number of carboxylic acid groups (broad SMARTS) is 1. The molecule has 0 aliphatic rings. The van der Waals surface area contributed by atoms with E-state index in [0.29, 0.717) is 12.8 Å². The molecule has 0 fully saturated rings. The first-order chi connectivity index (χ1) is 14.4. The highest BCUT2D eigenvalue weighted by Gasteiger charge is 2.23. The Bertz CT molecular complexity index is 506. The van der Waals surface area contributed by atoms with Crippen LogP contribution in [0, 0.1) is 5.92 Å². The van der Waals surface area contributed by atoms with Crippen LogP contribution in [0.2, 0.25) is 0 Å². The molecule has 0 rings (SSSR count). The predicted molar refractivity (Wildman–Crippen MR) is 105 cm³/mol. The summed E-state index contributed by atoms with van der Waals surface area (Å²) < 4.78 is 23.7. The molecule has 10 nitrogen and oxygen atoms in total. The van der Waals surface area contributed by atoms with Crippen molar-refractivity contribution in [3.05, 3.63) is 0 Å². The van der Waals surface area contributed by atoms with Crippen molar-refractivity contribution in [1.29, 1.82) is 0 Å². The molecule has 0 aromatic heterocycles. The monoisotopic (exact) mass is 434 g/mol. The number of carbonyl (C=O) groups is 4. The van der Waals surface area contributed by atoms with E-state index < -0.39 is 37.0 Å². The highest BCUT2D eigenvalue weighted by Crippen LogP contribution is 2.16. The summed E-state index contributed by atoms with van der Waals surface area (Å²) in [4.78, 5) is 45.1. The molecule has 0 saturated carbocycles. The molecule has 10 heteroatoms. The van der Waals surface area contributed by atoms with E-state index >= 15 is 0 Å². The summed E-state index contributed by atoms with van der Waals surface area (Å²) >= 11 is 0. The third-order valence-electron chi connectivity index (χ3n) is 4.08. The van der Waals surface area contributed by atoms with Gasteiger partial charge in [0.25, 0.3) is 0 Å². The van der Waals surface area contributed by atoms with E-state index in [9.17, 15) is 19.2 Å². The van der Waals surface area contributed by atoms with E-state index in [1.807, 2.05) is 0 Å². The number of carboxylic acids is 1. The molecule has 30 heavy (non-hydrogen) atoms. The Hall–Kier alpha value is -2.52. The number of esters is 1. The number of aliphatic carboxylic acids is 1. The van der Waals surface area contributed by atoms with E-state index in [-0.39, 0.29) is 26.2 Å². The maximum absolute atomic E-state index is 12.2. The number of ether oxygens (including phenoxy) is 5. The van der Waals surface area contributed by atoms with E-state index in [1.165, 1.54) is 0 Å². The summed E-state index contributed by atoms with van der Waals surface area (Å²) in [5, 5.41) is 8.59. The molecule has 0 aromatic rings. The summed E-state index contributed by atoms with van der Waals surface area (Å²) in [6.45, 7) is 2.79. The summed E-state index contributed by atoms with van der Waals surface area (Å²) in [5.74, 6) is -2.11. The van der Waals surface area contributed by atoms with Crippen molar-refractivity contribution in [1.82, 2.24) is 0 Å². The smallest absolute Gasteiger partial charge is 0.481 e. The molecule has 1 unspecified atom stereocenters. The molecule has 174 valence electrons. The summed E-state index contributed by atoms with van der Waals surface area (Å²) in [7, 11) is 0. The standard InChI is InChI=1S/C20H34O10/c1-3-26-19(24)28-14-16(18(23)29-15-30-20(25)27-4-2)12-10-8-6-5-7-9-11-13-17(21)22/h16H,3-15H2,1-2H3,(H,21,22). The van der Waals surface area contributed by atoms with E-state index in [1.54, 1.807) is 13.8 Å². The highest BCUT2D eigenvalue weighted by atomic mass is 16.8. The molecule has 0 bridgehead atoms. The van der Waals surface area contributed by atoms with Gasteiger partial charge in [-0.25, -0.2) is 9.59 Å². The van der Waals surface area contributed by atoms with Crippen molar-refractivity contribution in [3.63, 3.8) is 0 Å². The van der Waals surface area contributed by atoms with Gasteiger partial charge in [-0.3, -0.25) is 9.59 Å². The fraction of sp³-hybridized carbons (Fsp3) is 0.800. The van der Waals surface area contributed by atoms with Crippen LogP contribution < -0.4 is 0 Å². The zero-order valence-corrected chi connectivity index (χ0v) is 17.9. The minimum atomic E-state index is -0.937.